The molecule has 29 heavy (non-hydrogen) atoms. The number of nitrogens with two attached hydrogens (primary N) is 1. The van der Waals surface area contributed by atoms with Gasteiger partial charge < -0.3 is 16.0 Å². The van der Waals surface area contributed by atoms with Gasteiger partial charge in [-0.1, -0.05) is 0 Å². The second kappa shape index (κ2) is 9.82. The van der Waals surface area contributed by atoms with Crippen molar-refractivity contribution in [2.45, 2.75) is 44.6 Å². The molecule has 0 spiro atoms. The Kier molecular flexibility index (Phi) is 7.73. The van der Waals surface area contributed by atoms with Crippen molar-refractivity contribution in [3.05, 3.63) is 47.2 Å². The molecule has 9 heteroatoms. The fourth-order valence-electron chi connectivity index (χ4n) is 3.68. The minimum absolute atomic E-state index is 0. The lowest BCUT2D eigenvalue weighted by atomic mass is 9.79. The maximum absolute atomic E-state index is 14.4. The summed E-state index contributed by atoms with van der Waals surface area (Å²) in [5, 5.41) is 3.33. The van der Waals surface area contributed by atoms with Crippen LogP contribution in [0.4, 0.5) is 20.5 Å². The summed E-state index contributed by atoms with van der Waals surface area (Å²) in [5.74, 6) is -1.51. The number of aromatic nitrogens is 2. The fraction of sp³-hybridized carbons (Fsp3) is 0.450. The molecule has 3 rings (SSSR count). The number of benzene rings is 1. The Bertz CT molecular complexity index is 859. The van der Waals surface area contributed by atoms with Gasteiger partial charge in [-0.15, -0.1) is 12.4 Å². The summed E-state index contributed by atoms with van der Waals surface area (Å²) >= 11 is 0. The van der Waals surface area contributed by atoms with Gasteiger partial charge >= 0.3 is 0 Å². The summed E-state index contributed by atoms with van der Waals surface area (Å²) in [5.41, 5.74) is 5.53. The molecule has 0 radical (unpaired) electrons. The van der Waals surface area contributed by atoms with E-state index in [9.17, 15) is 13.6 Å². The molecule has 1 heterocycles. The van der Waals surface area contributed by atoms with Gasteiger partial charge in [-0.05, 0) is 56.7 Å². The lowest BCUT2D eigenvalue weighted by molar-refractivity contribution is 0.0998. The van der Waals surface area contributed by atoms with E-state index in [1.807, 2.05) is 24.9 Å². The SMILES string of the molecule is CCN(C)c1ccnc(NC2CCC(c3c(C(N)=O)ccc(F)c3F)CC2)n1.Cl. The van der Waals surface area contributed by atoms with Gasteiger partial charge in [0.1, 0.15) is 5.82 Å². The third-order valence-electron chi connectivity index (χ3n) is 5.37. The quantitative estimate of drug-likeness (QED) is 0.733. The zero-order valence-electron chi connectivity index (χ0n) is 16.5. The third kappa shape index (κ3) is 5.12. The lowest BCUT2D eigenvalue weighted by Gasteiger charge is -2.30. The highest BCUT2D eigenvalue weighted by molar-refractivity contribution is 5.94. The molecule has 1 aliphatic rings. The predicted molar refractivity (Wildman–Crippen MR) is 112 cm³/mol. The number of anilines is 2. The zero-order valence-corrected chi connectivity index (χ0v) is 17.3. The standard InChI is InChI=1S/C20H25F2N5O.ClH/c1-3-27(2)16-10-11-24-20(26-16)25-13-6-4-12(5-7-13)17-14(19(23)28)8-9-15(21)18(17)22;/h8-13H,3-7H2,1-2H3,(H2,23,28)(H,24,25,26);1H. The number of carbonyl (C=O) groups excluding carboxylic acids is 1. The van der Waals surface area contributed by atoms with E-state index in [1.54, 1.807) is 6.20 Å². The van der Waals surface area contributed by atoms with Crippen LogP contribution in [0.5, 0.6) is 0 Å². The number of nitrogens with zero attached hydrogens (tertiary/aromatic N) is 3. The lowest BCUT2D eigenvalue weighted by Crippen LogP contribution is -2.28. The minimum atomic E-state index is -0.966. The monoisotopic (exact) mass is 425 g/mol. The second-order valence-corrected chi connectivity index (χ2v) is 7.13. The normalized spacial score (nSPS) is 18.6. The van der Waals surface area contributed by atoms with Crippen LogP contribution in [0.2, 0.25) is 0 Å². The summed E-state index contributed by atoms with van der Waals surface area (Å²) in [6.45, 7) is 2.88. The fourth-order valence-corrected chi connectivity index (χ4v) is 3.68. The summed E-state index contributed by atoms with van der Waals surface area (Å²) in [7, 11) is 1.96. The van der Waals surface area contributed by atoms with Crippen LogP contribution >= 0.6 is 12.4 Å². The van der Waals surface area contributed by atoms with Gasteiger partial charge in [0.25, 0.3) is 0 Å². The average Bonchev–Trinajstić information content (AvgIpc) is 2.70. The van der Waals surface area contributed by atoms with Crippen molar-refractivity contribution in [2.24, 2.45) is 5.73 Å². The Hall–Kier alpha value is -2.48. The summed E-state index contributed by atoms with van der Waals surface area (Å²) in [6.07, 6.45) is 4.41. The van der Waals surface area contributed by atoms with E-state index in [-0.39, 0.29) is 35.5 Å². The molecule has 0 saturated heterocycles. The zero-order chi connectivity index (χ0) is 20.3. The highest BCUT2D eigenvalue weighted by Crippen LogP contribution is 2.37. The maximum atomic E-state index is 14.4. The third-order valence-corrected chi connectivity index (χ3v) is 5.37. The average molecular weight is 426 g/mol. The topological polar surface area (TPSA) is 84.1 Å². The molecule has 0 atom stereocenters. The molecule has 1 saturated carbocycles. The largest absolute Gasteiger partial charge is 0.366 e. The van der Waals surface area contributed by atoms with E-state index in [0.29, 0.717) is 18.8 Å². The van der Waals surface area contributed by atoms with Crippen molar-refractivity contribution in [1.29, 1.82) is 0 Å². The summed E-state index contributed by atoms with van der Waals surface area (Å²) in [4.78, 5) is 22.4. The smallest absolute Gasteiger partial charge is 0.249 e. The molecule has 2 aromatic rings. The first-order chi connectivity index (χ1) is 13.4. The van der Waals surface area contributed by atoms with Crippen LogP contribution < -0.4 is 16.0 Å². The van der Waals surface area contributed by atoms with Crippen LogP contribution in [-0.2, 0) is 0 Å². The Morgan fingerprint density at radius 3 is 2.55 bits per heavy atom. The molecule has 1 amide bonds. The highest BCUT2D eigenvalue weighted by Gasteiger charge is 2.29. The van der Waals surface area contributed by atoms with Gasteiger partial charge in [-0.3, -0.25) is 4.79 Å². The summed E-state index contributed by atoms with van der Waals surface area (Å²) < 4.78 is 28.1. The van der Waals surface area contributed by atoms with Gasteiger partial charge in [-0.2, -0.15) is 4.98 Å². The molecule has 1 aromatic carbocycles. The molecule has 1 fully saturated rings. The number of rotatable bonds is 6. The maximum Gasteiger partial charge on any atom is 0.249 e. The van der Waals surface area contributed by atoms with Gasteiger partial charge in [0.2, 0.25) is 11.9 Å². The van der Waals surface area contributed by atoms with E-state index >= 15 is 0 Å². The van der Waals surface area contributed by atoms with Crippen LogP contribution in [0.1, 0.15) is 54.4 Å². The molecule has 0 unspecified atom stereocenters. The highest BCUT2D eigenvalue weighted by atomic mass is 35.5. The molecular weight excluding hydrogens is 400 g/mol. The van der Waals surface area contributed by atoms with Crippen molar-refractivity contribution >= 4 is 30.1 Å². The summed E-state index contributed by atoms with van der Waals surface area (Å²) in [6, 6.07) is 4.20. The van der Waals surface area contributed by atoms with E-state index in [4.69, 9.17) is 5.73 Å². The molecule has 1 aromatic heterocycles. The number of hydrogen-bond donors (Lipinski definition) is 2. The van der Waals surface area contributed by atoms with Crippen LogP contribution in [0.25, 0.3) is 0 Å². The Labute approximate surface area is 175 Å². The van der Waals surface area contributed by atoms with Crippen molar-refractivity contribution in [3.63, 3.8) is 0 Å². The molecule has 3 N–H and O–H groups in total. The Balaban J connectivity index is 0.00000300. The van der Waals surface area contributed by atoms with E-state index in [2.05, 4.69) is 15.3 Å². The Morgan fingerprint density at radius 1 is 1.24 bits per heavy atom. The molecular formula is C20H26ClF2N5O. The van der Waals surface area contributed by atoms with E-state index in [0.717, 1.165) is 31.3 Å². The number of primary amides is 1. The van der Waals surface area contributed by atoms with Crippen molar-refractivity contribution in [3.8, 4) is 0 Å². The first kappa shape index (κ1) is 22.8. The Morgan fingerprint density at radius 2 is 1.93 bits per heavy atom. The second-order valence-electron chi connectivity index (χ2n) is 7.13. The van der Waals surface area contributed by atoms with Crippen LogP contribution in [0.15, 0.2) is 24.4 Å². The van der Waals surface area contributed by atoms with Gasteiger partial charge in [0, 0.05) is 37.0 Å². The van der Waals surface area contributed by atoms with Crippen molar-refractivity contribution < 1.29 is 13.6 Å². The first-order valence-corrected chi connectivity index (χ1v) is 9.49. The van der Waals surface area contributed by atoms with Crippen LogP contribution in [-0.4, -0.2) is 35.5 Å². The van der Waals surface area contributed by atoms with Crippen molar-refractivity contribution in [2.75, 3.05) is 23.8 Å². The van der Waals surface area contributed by atoms with Crippen LogP contribution in [0.3, 0.4) is 0 Å². The van der Waals surface area contributed by atoms with Gasteiger partial charge in [0.05, 0.1) is 0 Å². The molecule has 158 valence electrons. The first-order valence-electron chi connectivity index (χ1n) is 9.49. The molecule has 1 aliphatic carbocycles. The van der Waals surface area contributed by atoms with Gasteiger partial charge in [0.15, 0.2) is 11.6 Å². The molecule has 0 aliphatic heterocycles. The molecule has 0 bridgehead atoms. The predicted octanol–water partition coefficient (Wildman–Crippen LogP) is 3.87. The van der Waals surface area contributed by atoms with E-state index in [1.165, 1.54) is 6.07 Å². The number of hydrogen-bond acceptors (Lipinski definition) is 5. The molecule has 6 nitrogen and oxygen atoms in total. The van der Waals surface area contributed by atoms with E-state index < -0.39 is 17.5 Å². The van der Waals surface area contributed by atoms with Crippen molar-refractivity contribution in [1.82, 2.24) is 9.97 Å². The number of nitrogens with one attached hydrogen (secondary N) is 1. The number of carbonyl (C=O) groups is 1. The number of halogens is 3. The van der Waals surface area contributed by atoms with Crippen LogP contribution in [0, 0.1) is 11.6 Å². The number of amides is 1. The minimum Gasteiger partial charge on any atom is -0.366 e. The van der Waals surface area contributed by atoms with Gasteiger partial charge in [-0.25, -0.2) is 13.8 Å².